The third-order valence-corrected chi connectivity index (χ3v) is 4.21. The van der Waals surface area contributed by atoms with Crippen molar-refractivity contribution in [3.8, 4) is 0 Å². The Morgan fingerprint density at radius 3 is 2.57 bits per heavy atom. The molecule has 1 aromatic heterocycles. The Morgan fingerprint density at radius 1 is 1.19 bits per heavy atom. The fourth-order valence-corrected chi connectivity index (χ4v) is 3.12. The van der Waals surface area contributed by atoms with Crippen molar-refractivity contribution in [1.82, 2.24) is 9.55 Å². The summed E-state index contributed by atoms with van der Waals surface area (Å²) in [6.45, 7) is -0.463. The van der Waals surface area contributed by atoms with E-state index >= 15 is 0 Å². The van der Waals surface area contributed by atoms with Gasteiger partial charge in [0, 0.05) is 11.3 Å². The fourth-order valence-electron chi connectivity index (χ4n) is 3.12. The van der Waals surface area contributed by atoms with E-state index in [1.165, 1.54) is 4.57 Å². The molecular formula is C13H18N2O6. The smallest absolute Gasteiger partial charge is 0.330 e. The molecule has 0 bridgehead atoms. The summed E-state index contributed by atoms with van der Waals surface area (Å²) in [7, 11) is 0. The fraction of sp³-hybridized carbons (Fsp3) is 0.692. The summed E-state index contributed by atoms with van der Waals surface area (Å²) in [5.41, 5.74) is -0.00314. The average molecular weight is 298 g/mol. The maximum Gasteiger partial charge on any atom is 0.330 e. The Balaban J connectivity index is 2.11. The predicted octanol–water partition coefficient (Wildman–Crippen LogP) is -1.97. The molecule has 0 unspecified atom stereocenters. The molecule has 4 N–H and O–H groups in total. The van der Waals surface area contributed by atoms with Crippen LogP contribution < -0.4 is 11.2 Å². The third kappa shape index (κ3) is 2.24. The van der Waals surface area contributed by atoms with Gasteiger partial charge in [-0.15, -0.1) is 0 Å². The zero-order valence-electron chi connectivity index (χ0n) is 11.4. The summed E-state index contributed by atoms with van der Waals surface area (Å²) in [6, 6.07) is 0. The molecule has 21 heavy (non-hydrogen) atoms. The molecule has 1 fully saturated rings. The Bertz CT molecular complexity index is 651. The maximum atomic E-state index is 12.1. The van der Waals surface area contributed by atoms with Gasteiger partial charge >= 0.3 is 5.69 Å². The zero-order valence-corrected chi connectivity index (χ0v) is 11.4. The van der Waals surface area contributed by atoms with Crippen molar-refractivity contribution in [3.63, 3.8) is 0 Å². The molecule has 2 heterocycles. The molecule has 1 aliphatic carbocycles. The quantitative estimate of drug-likeness (QED) is 0.502. The highest BCUT2D eigenvalue weighted by atomic mass is 16.6. The molecule has 8 nitrogen and oxygen atoms in total. The summed E-state index contributed by atoms with van der Waals surface area (Å²) in [5, 5.41) is 29.0. The number of aliphatic hydroxyl groups excluding tert-OH is 3. The number of aromatic nitrogens is 2. The van der Waals surface area contributed by atoms with Crippen molar-refractivity contribution in [3.05, 3.63) is 32.1 Å². The van der Waals surface area contributed by atoms with Crippen LogP contribution in [0.4, 0.5) is 0 Å². The van der Waals surface area contributed by atoms with E-state index in [1.807, 2.05) is 0 Å². The van der Waals surface area contributed by atoms with E-state index in [-0.39, 0.29) is 0 Å². The minimum Gasteiger partial charge on any atom is -0.394 e. The minimum atomic E-state index is -1.34. The molecule has 8 heteroatoms. The van der Waals surface area contributed by atoms with Crippen LogP contribution in [0.3, 0.4) is 0 Å². The first-order valence-corrected chi connectivity index (χ1v) is 7.03. The standard InChI is InChI=1S/C13H18N2O6/c16-5-8-9(17)10(18)12(21-8)15-7-4-2-1-3-6(7)11(19)14-13(15)20/h8-10,12,16-18H,1-5H2,(H,14,19,20)/t8-,9+,10+,12-/m0/s1. The van der Waals surface area contributed by atoms with Gasteiger partial charge in [-0.25, -0.2) is 4.79 Å². The first kappa shape index (κ1) is 14.5. The molecule has 1 aliphatic heterocycles. The highest BCUT2D eigenvalue weighted by Crippen LogP contribution is 2.30. The van der Waals surface area contributed by atoms with E-state index in [9.17, 15) is 19.8 Å². The lowest BCUT2D eigenvalue weighted by atomic mass is 9.96. The second kappa shape index (κ2) is 5.38. The van der Waals surface area contributed by atoms with Crippen LogP contribution in [0.5, 0.6) is 0 Å². The Kier molecular flexibility index (Phi) is 3.70. The first-order valence-electron chi connectivity index (χ1n) is 7.03. The van der Waals surface area contributed by atoms with Crippen molar-refractivity contribution >= 4 is 0 Å². The lowest BCUT2D eigenvalue weighted by molar-refractivity contribution is -0.0565. The van der Waals surface area contributed by atoms with Crippen LogP contribution in [-0.2, 0) is 17.6 Å². The maximum absolute atomic E-state index is 12.1. The number of fused-ring (bicyclic) bond motifs is 1. The molecule has 116 valence electrons. The normalized spacial score (nSPS) is 32.1. The number of ether oxygens (including phenoxy) is 1. The Labute approximate surface area is 119 Å². The van der Waals surface area contributed by atoms with Gasteiger partial charge in [0.2, 0.25) is 0 Å². The number of hydrogen-bond acceptors (Lipinski definition) is 6. The molecule has 2 aliphatic rings. The summed E-state index contributed by atoms with van der Waals surface area (Å²) in [5.74, 6) is 0. The molecular weight excluding hydrogens is 280 g/mol. The monoisotopic (exact) mass is 298 g/mol. The third-order valence-electron chi connectivity index (χ3n) is 4.21. The molecule has 1 saturated heterocycles. The van der Waals surface area contributed by atoms with Crippen molar-refractivity contribution in [1.29, 1.82) is 0 Å². The van der Waals surface area contributed by atoms with Gasteiger partial charge < -0.3 is 20.1 Å². The van der Waals surface area contributed by atoms with Gasteiger partial charge in [0.05, 0.1) is 6.61 Å². The van der Waals surface area contributed by atoms with Gasteiger partial charge in [-0.1, -0.05) is 0 Å². The van der Waals surface area contributed by atoms with Crippen LogP contribution in [-0.4, -0.2) is 49.8 Å². The van der Waals surface area contributed by atoms with Gasteiger partial charge in [-0.3, -0.25) is 14.3 Å². The lowest BCUT2D eigenvalue weighted by Gasteiger charge is -2.25. The molecule has 0 saturated carbocycles. The van der Waals surface area contributed by atoms with Gasteiger partial charge in [-0.2, -0.15) is 0 Å². The van der Waals surface area contributed by atoms with Gasteiger partial charge in [-0.05, 0) is 25.7 Å². The average Bonchev–Trinajstić information content (AvgIpc) is 2.75. The van der Waals surface area contributed by atoms with Crippen molar-refractivity contribution in [2.24, 2.45) is 0 Å². The van der Waals surface area contributed by atoms with Gasteiger partial charge in [0.1, 0.15) is 18.3 Å². The number of aliphatic hydroxyl groups is 3. The van der Waals surface area contributed by atoms with Crippen LogP contribution in [0.2, 0.25) is 0 Å². The topological polar surface area (TPSA) is 125 Å². The number of hydrogen-bond donors (Lipinski definition) is 4. The van der Waals surface area contributed by atoms with E-state index in [0.29, 0.717) is 24.1 Å². The Morgan fingerprint density at radius 2 is 1.90 bits per heavy atom. The van der Waals surface area contributed by atoms with Crippen molar-refractivity contribution in [2.45, 2.75) is 50.2 Å². The van der Waals surface area contributed by atoms with Crippen molar-refractivity contribution in [2.75, 3.05) is 6.61 Å². The number of rotatable bonds is 2. The van der Waals surface area contributed by atoms with E-state index < -0.39 is 42.4 Å². The molecule has 0 spiro atoms. The molecule has 0 radical (unpaired) electrons. The molecule has 4 atom stereocenters. The predicted molar refractivity (Wildman–Crippen MR) is 71.0 cm³/mol. The molecule has 1 aromatic rings. The highest BCUT2D eigenvalue weighted by molar-refractivity contribution is 5.21. The lowest BCUT2D eigenvalue weighted by Crippen LogP contribution is -2.42. The second-order valence-corrected chi connectivity index (χ2v) is 5.49. The van der Waals surface area contributed by atoms with Crippen LogP contribution in [0.15, 0.2) is 9.59 Å². The first-order chi connectivity index (χ1) is 10.0. The second-order valence-electron chi connectivity index (χ2n) is 5.49. The summed E-state index contributed by atoms with van der Waals surface area (Å²) in [4.78, 5) is 26.2. The van der Waals surface area contributed by atoms with E-state index in [0.717, 1.165) is 12.8 Å². The zero-order chi connectivity index (χ0) is 15.1. The van der Waals surface area contributed by atoms with Gasteiger partial charge in [0.25, 0.3) is 5.56 Å². The summed E-state index contributed by atoms with van der Waals surface area (Å²) < 4.78 is 6.61. The van der Waals surface area contributed by atoms with Crippen LogP contribution in [0.1, 0.15) is 30.3 Å². The largest absolute Gasteiger partial charge is 0.394 e. The molecule has 3 rings (SSSR count). The van der Waals surface area contributed by atoms with Crippen LogP contribution in [0, 0.1) is 0 Å². The van der Waals surface area contributed by atoms with E-state index in [1.54, 1.807) is 0 Å². The number of nitrogens with zero attached hydrogens (tertiary/aromatic N) is 1. The Hall–Kier alpha value is -1.48. The van der Waals surface area contributed by atoms with Crippen LogP contribution in [0.25, 0.3) is 0 Å². The van der Waals surface area contributed by atoms with Crippen molar-refractivity contribution < 1.29 is 20.1 Å². The number of H-pyrrole nitrogens is 1. The van der Waals surface area contributed by atoms with E-state index in [4.69, 9.17) is 9.84 Å². The highest BCUT2D eigenvalue weighted by Gasteiger charge is 2.44. The number of nitrogens with one attached hydrogen (secondary N) is 1. The van der Waals surface area contributed by atoms with E-state index in [2.05, 4.69) is 4.98 Å². The minimum absolute atomic E-state index is 0.405. The van der Waals surface area contributed by atoms with Crippen LogP contribution >= 0.6 is 0 Å². The SMILES string of the molecule is O=c1[nH]c(=O)n([C@H]2O[C@@H](CO)[C@@H](O)[C@H]2O)c2c1CCCC2. The van der Waals surface area contributed by atoms with Gasteiger partial charge in [0.15, 0.2) is 6.23 Å². The summed E-state index contributed by atoms with van der Waals surface area (Å²) >= 11 is 0. The molecule has 0 amide bonds. The summed E-state index contributed by atoms with van der Waals surface area (Å²) in [6.07, 6.45) is -1.86. The molecule has 0 aromatic carbocycles. The number of aromatic amines is 1.